The molecule has 1 fully saturated rings. The lowest BCUT2D eigenvalue weighted by Crippen LogP contribution is -2.48. The number of hydrogen-bond donors (Lipinski definition) is 0. The van der Waals surface area contributed by atoms with Crippen molar-refractivity contribution in [3.05, 3.63) is 63.7 Å². The van der Waals surface area contributed by atoms with Crippen LogP contribution in [0.4, 0.5) is 24.5 Å². The minimum absolute atomic E-state index is 0.0716. The van der Waals surface area contributed by atoms with E-state index in [1.807, 2.05) is 4.90 Å². The number of carbonyl (C=O) groups is 1. The Bertz CT molecular complexity index is 946. The monoisotopic (exact) mass is 457 g/mol. The quantitative estimate of drug-likeness (QED) is 0.369. The van der Waals surface area contributed by atoms with Gasteiger partial charge in [-0.3, -0.25) is 14.9 Å². The molecule has 0 aliphatic carbocycles. The maximum Gasteiger partial charge on any atom is 0.416 e. The molecular weight excluding hydrogens is 439 g/mol. The lowest BCUT2D eigenvalue weighted by molar-refractivity contribution is -0.384. The molecule has 1 aliphatic heterocycles. The third-order valence-electron chi connectivity index (χ3n) is 4.87. The molecule has 166 valence electrons. The van der Waals surface area contributed by atoms with Crippen LogP contribution in [0.25, 0.3) is 0 Å². The maximum absolute atomic E-state index is 13.0. The number of benzene rings is 2. The number of halogens is 4. The molecule has 1 saturated heterocycles. The molecular formula is C20H19ClF3N3O4. The average Bonchev–Trinajstić information content (AvgIpc) is 2.76. The fraction of sp³-hybridized carbons (Fsp3) is 0.350. The molecule has 31 heavy (non-hydrogen) atoms. The van der Waals surface area contributed by atoms with Crippen LogP contribution in [0, 0.1) is 10.1 Å². The largest absolute Gasteiger partial charge is 0.492 e. The zero-order chi connectivity index (χ0) is 22.6. The molecule has 3 rings (SSSR count). The summed E-state index contributed by atoms with van der Waals surface area (Å²) in [6, 6.07) is 8.65. The highest BCUT2D eigenvalue weighted by Gasteiger charge is 2.31. The molecule has 0 aromatic heterocycles. The van der Waals surface area contributed by atoms with Crippen molar-refractivity contribution in [3.63, 3.8) is 0 Å². The first-order valence-corrected chi connectivity index (χ1v) is 9.93. The fourth-order valence-electron chi connectivity index (χ4n) is 3.27. The summed E-state index contributed by atoms with van der Waals surface area (Å²) in [4.78, 5) is 26.9. The van der Waals surface area contributed by atoms with E-state index in [0.717, 1.165) is 12.1 Å². The zero-order valence-electron chi connectivity index (χ0n) is 16.3. The van der Waals surface area contributed by atoms with Crippen molar-refractivity contribution in [1.82, 2.24) is 4.90 Å². The van der Waals surface area contributed by atoms with Crippen LogP contribution in [-0.2, 0) is 6.18 Å². The van der Waals surface area contributed by atoms with E-state index < -0.39 is 22.6 Å². The van der Waals surface area contributed by atoms with Crippen molar-refractivity contribution in [1.29, 1.82) is 0 Å². The molecule has 7 nitrogen and oxygen atoms in total. The molecule has 2 aromatic carbocycles. The third-order valence-corrected chi connectivity index (χ3v) is 5.02. The van der Waals surface area contributed by atoms with E-state index in [1.54, 1.807) is 0 Å². The van der Waals surface area contributed by atoms with Crippen LogP contribution in [-0.4, -0.2) is 54.4 Å². The van der Waals surface area contributed by atoms with Gasteiger partial charge in [0, 0.05) is 44.0 Å². The molecule has 11 heteroatoms. The van der Waals surface area contributed by atoms with Crippen molar-refractivity contribution in [3.8, 4) is 5.75 Å². The molecule has 2 aromatic rings. The van der Waals surface area contributed by atoms with Gasteiger partial charge in [0.1, 0.15) is 12.4 Å². The van der Waals surface area contributed by atoms with Crippen LogP contribution < -0.4 is 9.64 Å². The summed E-state index contributed by atoms with van der Waals surface area (Å²) in [6.07, 6.45) is -4.40. The Morgan fingerprint density at radius 3 is 2.29 bits per heavy atom. The Hall–Kier alpha value is -3.01. The fourth-order valence-corrected chi connectivity index (χ4v) is 3.35. The topological polar surface area (TPSA) is 75.9 Å². The lowest BCUT2D eigenvalue weighted by Gasteiger charge is -2.36. The molecule has 1 heterocycles. The Balaban J connectivity index is 1.71. The van der Waals surface area contributed by atoms with Crippen LogP contribution in [0.1, 0.15) is 15.9 Å². The van der Waals surface area contributed by atoms with E-state index in [0.29, 0.717) is 31.9 Å². The highest BCUT2D eigenvalue weighted by Crippen LogP contribution is 2.31. The van der Waals surface area contributed by atoms with Gasteiger partial charge in [-0.15, -0.1) is 11.6 Å². The summed E-state index contributed by atoms with van der Waals surface area (Å²) in [6.45, 7) is 1.56. The lowest BCUT2D eigenvalue weighted by atomic mass is 10.1. The van der Waals surface area contributed by atoms with Gasteiger partial charge in [-0.25, -0.2) is 0 Å². The second-order valence-corrected chi connectivity index (χ2v) is 7.18. The molecule has 1 amide bonds. The van der Waals surface area contributed by atoms with Crippen LogP contribution in [0.3, 0.4) is 0 Å². The second-order valence-electron chi connectivity index (χ2n) is 6.80. The number of nitrogens with zero attached hydrogens (tertiary/aromatic N) is 3. The number of piperazine rings is 1. The predicted molar refractivity (Wildman–Crippen MR) is 109 cm³/mol. The second kappa shape index (κ2) is 9.42. The number of nitro benzene ring substituents is 1. The van der Waals surface area contributed by atoms with E-state index in [2.05, 4.69) is 0 Å². The van der Waals surface area contributed by atoms with Gasteiger partial charge in [0.2, 0.25) is 0 Å². The standard InChI is InChI=1S/C20H19ClF3N3O4/c21-7-12-31-18-6-5-16(27(29)30)13-17(18)19(28)26-10-8-25(9-11-26)15-3-1-14(2-4-15)20(22,23)24/h1-6,13H,7-12H2. The Labute approximate surface area is 181 Å². The van der Waals surface area contributed by atoms with Gasteiger partial charge in [0.05, 0.1) is 21.9 Å². The number of alkyl halides is 4. The third kappa shape index (κ3) is 5.38. The number of nitro groups is 1. The number of rotatable bonds is 6. The summed E-state index contributed by atoms with van der Waals surface area (Å²) in [5, 5.41) is 11.1. The van der Waals surface area contributed by atoms with Crippen molar-refractivity contribution in [2.45, 2.75) is 6.18 Å². The SMILES string of the molecule is O=C(c1cc([N+](=O)[O-])ccc1OCCCl)N1CCN(c2ccc(C(F)(F)F)cc2)CC1. The van der Waals surface area contributed by atoms with Gasteiger partial charge >= 0.3 is 6.18 Å². The molecule has 0 atom stereocenters. The normalized spacial score (nSPS) is 14.5. The van der Waals surface area contributed by atoms with Gasteiger partial charge in [-0.2, -0.15) is 13.2 Å². The van der Waals surface area contributed by atoms with Crippen molar-refractivity contribution in [2.75, 3.05) is 43.6 Å². The summed E-state index contributed by atoms with van der Waals surface area (Å²) in [5.41, 5.74) is -0.256. The molecule has 1 aliphatic rings. The highest BCUT2D eigenvalue weighted by molar-refractivity contribution is 6.18. The van der Waals surface area contributed by atoms with E-state index in [1.165, 1.54) is 35.2 Å². The maximum atomic E-state index is 13.0. The minimum atomic E-state index is -4.40. The van der Waals surface area contributed by atoms with E-state index in [-0.39, 0.29) is 29.5 Å². The summed E-state index contributed by atoms with van der Waals surface area (Å²) >= 11 is 5.63. The van der Waals surface area contributed by atoms with Crippen molar-refractivity contribution in [2.24, 2.45) is 0 Å². The van der Waals surface area contributed by atoms with Crippen LogP contribution >= 0.6 is 11.6 Å². The average molecular weight is 458 g/mol. The van der Waals surface area contributed by atoms with Gasteiger partial charge in [-0.05, 0) is 30.3 Å². The van der Waals surface area contributed by atoms with E-state index in [4.69, 9.17) is 16.3 Å². The summed E-state index contributed by atoms with van der Waals surface area (Å²) < 4.78 is 43.7. The van der Waals surface area contributed by atoms with Crippen LogP contribution in [0.2, 0.25) is 0 Å². The van der Waals surface area contributed by atoms with Crippen LogP contribution in [0.5, 0.6) is 5.75 Å². The Morgan fingerprint density at radius 1 is 1.10 bits per heavy atom. The molecule has 0 N–H and O–H groups in total. The molecule has 0 unspecified atom stereocenters. The molecule has 0 bridgehead atoms. The first kappa shape index (κ1) is 22.7. The number of carbonyl (C=O) groups excluding carboxylic acids is 1. The predicted octanol–water partition coefficient (Wildman–Crippen LogP) is 4.19. The number of anilines is 1. The van der Waals surface area contributed by atoms with E-state index in [9.17, 15) is 28.1 Å². The summed E-state index contributed by atoms with van der Waals surface area (Å²) in [7, 11) is 0. The number of amides is 1. The first-order valence-electron chi connectivity index (χ1n) is 9.39. The number of ether oxygens (including phenoxy) is 1. The van der Waals surface area contributed by atoms with Crippen molar-refractivity contribution < 1.29 is 27.6 Å². The zero-order valence-corrected chi connectivity index (χ0v) is 17.0. The van der Waals surface area contributed by atoms with Crippen LogP contribution in [0.15, 0.2) is 42.5 Å². The molecule has 0 radical (unpaired) electrons. The van der Waals surface area contributed by atoms with Gasteiger partial charge in [0.15, 0.2) is 0 Å². The summed E-state index contributed by atoms with van der Waals surface area (Å²) in [5.74, 6) is -0.0158. The molecule has 0 spiro atoms. The number of non-ortho nitro benzene ring substituents is 1. The minimum Gasteiger partial charge on any atom is -0.492 e. The Morgan fingerprint density at radius 2 is 1.74 bits per heavy atom. The van der Waals surface area contributed by atoms with Gasteiger partial charge < -0.3 is 14.5 Å². The first-order chi connectivity index (χ1) is 14.7. The van der Waals surface area contributed by atoms with Crippen molar-refractivity contribution >= 4 is 28.9 Å². The number of hydrogen-bond acceptors (Lipinski definition) is 5. The van der Waals surface area contributed by atoms with Gasteiger partial charge in [0.25, 0.3) is 11.6 Å². The Kier molecular flexibility index (Phi) is 6.89. The highest BCUT2D eigenvalue weighted by atomic mass is 35.5. The smallest absolute Gasteiger partial charge is 0.416 e. The van der Waals surface area contributed by atoms with E-state index >= 15 is 0 Å². The molecule has 0 saturated carbocycles. The van der Waals surface area contributed by atoms with Gasteiger partial charge in [-0.1, -0.05) is 0 Å².